The molecular formula is C14H28N6. The van der Waals surface area contributed by atoms with Gasteiger partial charge in [-0.15, -0.1) is 10.2 Å². The fraction of sp³-hybridized carbons (Fsp3) is 0.786. The molecule has 0 radical (unpaired) electrons. The van der Waals surface area contributed by atoms with Gasteiger partial charge in [-0.3, -0.25) is 4.99 Å². The highest BCUT2D eigenvalue weighted by molar-refractivity contribution is 5.79. The van der Waals surface area contributed by atoms with Crippen LogP contribution in [-0.4, -0.2) is 34.3 Å². The van der Waals surface area contributed by atoms with Crippen LogP contribution in [0.1, 0.15) is 44.8 Å². The molecule has 1 rings (SSSR count). The van der Waals surface area contributed by atoms with Gasteiger partial charge >= 0.3 is 0 Å². The fourth-order valence-electron chi connectivity index (χ4n) is 1.87. The summed E-state index contributed by atoms with van der Waals surface area (Å²) in [6.45, 7) is 8.04. The smallest absolute Gasteiger partial charge is 0.191 e. The second-order valence-corrected chi connectivity index (χ2v) is 5.46. The molecule has 0 saturated heterocycles. The van der Waals surface area contributed by atoms with Crippen LogP contribution in [0.5, 0.6) is 0 Å². The molecular weight excluding hydrogens is 252 g/mol. The first-order valence-corrected chi connectivity index (χ1v) is 7.34. The third-order valence-electron chi connectivity index (χ3n) is 3.32. The average Bonchev–Trinajstić information content (AvgIpc) is 2.73. The van der Waals surface area contributed by atoms with Crippen molar-refractivity contribution < 1.29 is 0 Å². The maximum absolute atomic E-state index is 4.21. The minimum Gasteiger partial charge on any atom is -0.356 e. The highest BCUT2D eigenvalue weighted by Crippen LogP contribution is 2.05. The Kier molecular flexibility index (Phi) is 7.04. The quantitative estimate of drug-likeness (QED) is 0.452. The molecule has 0 bridgehead atoms. The lowest BCUT2D eigenvalue weighted by molar-refractivity contribution is 0.534. The van der Waals surface area contributed by atoms with E-state index in [-0.39, 0.29) is 0 Å². The lowest BCUT2D eigenvalue weighted by atomic mass is 10.1. The van der Waals surface area contributed by atoms with Gasteiger partial charge in [0.25, 0.3) is 0 Å². The Hall–Kier alpha value is -1.59. The van der Waals surface area contributed by atoms with Crippen molar-refractivity contribution in [1.29, 1.82) is 0 Å². The third-order valence-corrected chi connectivity index (χ3v) is 3.32. The summed E-state index contributed by atoms with van der Waals surface area (Å²) in [5, 5.41) is 14.7. The summed E-state index contributed by atoms with van der Waals surface area (Å²) >= 11 is 0. The first-order chi connectivity index (χ1) is 9.54. The molecule has 6 heteroatoms. The van der Waals surface area contributed by atoms with Gasteiger partial charge in [-0.2, -0.15) is 0 Å². The summed E-state index contributed by atoms with van der Waals surface area (Å²) in [4.78, 5) is 4.21. The SMILES string of the molecule is CN=C(NCCCCC(C)C)NCc1nnc(C)n1C. The molecule has 0 fully saturated rings. The number of unbranched alkanes of at least 4 members (excludes halogenated alkanes) is 1. The predicted molar refractivity (Wildman–Crippen MR) is 82.6 cm³/mol. The molecule has 1 aromatic heterocycles. The number of hydrogen-bond acceptors (Lipinski definition) is 3. The van der Waals surface area contributed by atoms with E-state index in [9.17, 15) is 0 Å². The van der Waals surface area contributed by atoms with Crippen LogP contribution in [0.15, 0.2) is 4.99 Å². The number of nitrogens with zero attached hydrogens (tertiary/aromatic N) is 4. The van der Waals surface area contributed by atoms with E-state index in [2.05, 4.69) is 39.7 Å². The van der Waals surface area contributed by atoms with Gasteiger partial charge in [0.15, 0.2) is 11.8 Å². The van der Waals surface area contributed by atoms with E-state index in [1.165, 1.54) is 19.3 Å². The Balaban J connectivity index is 2.25. The minimum absolute atomic E-state index is 0.628. The van der Waals surface area contributed by atoms with Crippen LogP contribution in [0.4, 0.5) is 0 Å². The Bertz CT molecular complexity index is 421. The van der Waals surface area contributed by atoms with Gasteiger partial charge in [0.2, 0.25) is 0 Å². The molecule has 0 unspecified atom stereocenters. The van der Waals surface area contributed by atoms with Crippen LogP contribution in [0.25, 0.3) is 0 Å². The van der Waals surface area contributed by atoms with Crippen LogP contribution >= 0.6 is 0 Å². The van der Waals surface area contributed by atoms with Crippen molar-refractivity contribution in [3.63, 3.8) is 0 Å². The predicted octanol–water partition coefficient (Wildman–Crippen LogP) is 1.61. The first kappa shape index (κ1) is 16.5. The van der Waals surface area contributed by atoms with Crippen molar-refractivity contribution in [3.8, 4) is 0 Å². The number of rotatable bonds is 7. The topological polar surface area (TPSA) is 67.1 Å². The zero-order valence-corrected chi connectivity index (χ0v) is 13.4. The average molecular weight is 280 g/mol. The summed E-state index contributed by atoms with van der Waals surface area (Å²) in [5.41, 5.74) is 0. The molecule has 0 atom stereocenters. The number of aliphatic imine (C=N–C) groups is 1. The maximum Gasteiger partial charge on any atom is 0.191 e. The highest BCUT2D eigenvalue weighted by Gasteiger charge is 2.05. The van der Waals surface area contributed by atoms with Gasteiger partial charge in [-0.1, -0.05) is 26.7 Å². The van der Waals surface area contributed by atoms with Crippen molar-refractivity contribution in [1.82, 2.24) is 25.4 Å². The van der Waals surface area contributed by atoms with Crippen LogP contribution in [-0.2, 0) is 13.6 Å². The lowest BCUT2D eigenvalue weighted by Gasteiger charge is -2.12. The van der Waals surface area contributed by atoms with E-state index < -0.39 is 0 Å². The number of aryl methyl sites for hydroxylation is 1. The van der Waals surface area contributed by atoms with Crippen LogP contribution < -0.4 is 10.6 Å². The summed E-state index contributed by atoms with van der Waals surface area (Å²) in [7, 11) is 3.75. The molecule has 0 aromatic carbocycles. The van der Waals surface area contributed by atoms with Crippen molar-refractivity contribution in [2.75, 3.05) is 13.6 Å². The molecule has 0 spiro atoms. The minimum atomic E-state index is 0.628. The maximum atomic E-state index is 4.21. The van der Waals surface area contributed by atoms with E-state index in [0.717, 1.165) is 30.1 Å². The van der Waals surface area contributed by atoms with E-state index in [1.54, 1.807) is 7.05 Å². The van der Waals surface area contributed by atoms with E-state index in [1.807, 2.05) is 18.5 Å². The van der Waals surface area contributed by atoms with Gasteiger partial charge in [-0.05, 0) is 19.3 Å². The zero-order chi connectivity index (χ0) is 15.0. The van der Waals surface area contributed by atoms with Gasteiger partial charge in [-0.25, -0.2) is 0 Å². The van der Waals surface area contributed by atoms with Gasteiger partial charge in [0, 0.05) is 20.6 Å². The second-order valence-electron chi connectivity index (χ2n) is 5.46. The second kappa shape index (κ2) is 8.55. The fourth-order valence-corrected chi connectivity index (χ4v) is 1.87. The Labute approximate surface area is 122 Å². The monoisotopic (exact) mass is 280 g/mol. The largest absolute Gasteiger partial charge is 0.356 e. The number of nitrogens with one attached hydrogen (secondary N) is 2. The van der Waals surface area contributed by atoms with Crippen LogP contribution in [0.2, 0.25) is 0 Å². The van der Waals surface area contributed by atoms with Crippen LogP contribution in [0, 0.1) is 12.8 Å². The number of aromatic nitrogens is 3. The van der Waals surface area contributed by atoms with Crippen molar-refractivity contribution in [2.24, 2.45) is 18.0 Å². The van der Waals surface area contributed by atoms with Crippen molar-refractivity contribution in [2.45, 2.75) is 46.6 Å². The van der Waals surface area contributed by atoms with Gasteiger partial charge < -0.3 is 15.2 Å². The highest BCUT2D eigenvalue weighted by atomic mass is 15.3. The Morgan fingerprint density at radius 1 is 1.25 bits per heavy atom. The molecule has 114 valence electrons. The third kappa shape index (κ3) is 5.59. The van der Waals surface area contributed by atoms with E-state index in [4.69, 9.17) is 0 Å². The summed E-state index contributed by atoms with van der Waals surface area (Å²) in [6.07, 6.45) is 3.71. The molecule has 0 aliphatic rings. The molecule has 0 saturated carbocycles. The van der Waals surface area contributed by atoms with Crippen molar-refractivity contribution in [3.05, 3.63) is 11.6 Å². The van der Waals surface area contributed by atoms with Crippen molar-refractivity contribution >= 4 is 5.96 Å². The van der Waals surface area contributed by atoms with E-state index >= 15 is 0 Å². The first-order valence-electron chi connectivity index (χ1n) is 7.34. The molecule has 0 aliphatic heterocycles. The summed E-state index contributed by atoms with van der Waals surface area (Å²) < 4.78 is 1.98. The van der Waals surface area contributed by atoms with Crippen LogP contribution in [0.3, 0.4) is 0 Å². The lowest BCUT2D eigenvalue weighted by Crippen LogP contribution is -2.37. The Morgan fingerprint density at radius 2 is 2.00 bits per heavy atom. The normalized spacial score (nSPS) is 12.0. The summed E-state index contributed by atoms with van der Waals surface area (Å²) in [5.74, 6) is 3.42. The molecule has 1 aromatic rings. The number of guanidine groups is 1. The number of hydrogen-bond donors (Lipinski definition) is 2. The van der Waals surface area contributed by atoms with Gasteiger partial charge in [0.1, 0.15) is 5.82 Å². The molecule has 0 amide bonds. The standard InChI is InChI=1S/C14H28N6/c1-11(2)8-6-7-9-16-14(15-4)17-10-13-19-18-12(3)20(13)5/h11H,6-10H2,1-5H3,(H2,15,16,17). The molecule has 6 nitrogen and oxygen atoms in total. The molecule has 20 heavy (non-hydrogen) atoms. The molecule has 0 aliphatic carbocycles. The van der Waals surface area contributed by atoms with E-state index in [0.29, 0.717) is 6.54 Å². The summed E-state index contributed by atoms with van der Waals surface area (Å²) in [6, 6.07) is 0. The van der Waals surface area contributed by atoms with Gasteiger partial charge in [0.05, 0.1) is 6.54 Å². The Morgan fingerprint density at radius 3 is 2.55 bits per heavy atom. The molecule has 1 heterocycles. The molecule has 2 N–H and O–H groups in total. The zero-order valence-electron chi connectivity index (χ0n) is 13.4.